The predicted molar refractivity (Wildman–Crippen MR) is 31.4 cm³/mol. The Kier molecular flexibility index (Phi) is 3.91. The minimum absolute atomic E-state index is 3.43. The third kappa shape index (κ3) is 2.10. The van der Waals surface area contributed by atoms with E-state index in [0.29, 0.717) is 0 Å². The normalized spacial score (nSPS) is 18.7. The number of hydrogen-bond donors (Lipinski definition) is 0. The molecule has 1 unspecified atom stereocenters. The van der Waals surface area contributed by atoms with Gasteiger partial charge >= 0.3 is 29.8 Å². The Bertz CT molecular complexity index is 303. The van der Waals surface area contributed by atoms with Crippen LogP contribution in [0.4, 0.5) is 48.3 Å². The van der Waals surface area contributed by atoms with Crippen molar-refractivity contribution in [3.8, 4) is 0 Å². The van der Waals surface area contributed by atoms with Crippen molar-refractivity contribution < 1.29 is 53.4 Å². The van der Waals surface area contributed by atoms with Gasteiger partial charge in [-0.1, -0.05) is 0 Å². The van der Waals surface area contributed by atoms with Crippen LogP contribution in [0.15, 0.2) is 0 Å². The zero-order chi connectivity index (χ0) is 15.2. The van der Waals surface area contributed by atoms with Gasteiger partial charge in [0.15, 0.2) is 6.67 Å². The van der Waals surface area contributed by atoms with Gasteiger partial charge in [0.2, 0.25) is 0 Å². The average molecular weight is 299 g/mol. The first-order valence-electron chi connectivity index (χ1n) is 3.71. The van der Waals surface area contributed by atoms with Crippen LogP contribution in [0.25, 0.3) is 0 Å². The van der Waals surface area contributed by atoms with E-state index in [4.69, 9.17) is 0 Å². The molecule has 0 N–H and O–H groups in total. The van der Waals surface area contributed by atoms with E-state index in [2.05, 4.69) is 0 Å². The van der Waals surface area contributed by atoms with Crippen LogP contribution in [-0.2, 0) is 5.11 Å². The molecule has 0 rings (SSSR count). The first kappa shape index (κ1) is 17.2. The summed E-state index contributed by atoms with van der Waals surface area (Å²) in [6, 6.07) is 0. The van der Waals surface area contributed by atoms with E-state index in [0.717, 1.165) is 0 Å². The molecule has 0 bridgehead atoms. The van der Waals surface area contributed by atoms with Crippen molar-refractivity contribution >= 4 is 0 Å². The summed E-state index contributed by atoms with van der Waals surface area (Å²) < 4.78 is 132. The maximum absolute atomic E-state index is 12.3. The highest BCUT2D eigenvalue weighted by Gasteiger charge is 2.87. The lowest BCUT2D eigenvalue weighted by atomic mass is 9.98. The van der Waals surface area contributed by atoms with Gasteiger partial charge in [-0.25, -0.2) is 4.39 Å². The summed E-state index contributed by atoms with van der Waals surface area (Å²) in [6.45, 7) is -3.43. The lowest BCUT2D eigenvalue weighted by Gasteiger charge is -2.36. The van der Waals surface area contributed by atoms with Crippen LogP contribution in [0.1, 0.15) is 0 Å². The lowest BCUT2D eigenvalue weighted by molar-refractivity contribution is -0.437. The van der Waals surface area contributed by atoms with Crippen LogP contribution in [-0.4, -0.2) is 36.5 Å². The molecule has 18 heavy (non-hydrogen) atoms. The van der Waals surface area contributed by atoms with Crippen LogP contribution < -0.4 is 0 Å². The Hall–Kier alpha value is -0.810. The van der Waals surface area contributed by atoms with Crippen molar-refractivity contribution in [3.63, 3.8) is 0 Å². The van der Waals surface area contributed by atoms with E-state index in [1.165, 1.54) is 0 Å². The molecule has 0 aliphatic carbocycles. The van der Waals surface area contributed by atoms with E-state index >= 15 is 0 Å². The fourth-order valence-corrected chi connectivity index (χ4v) is 0.694. The summed E-state index contributed by atoms with van der Waals surface area (Å²) >= 11 is 0. The van der Waals surface area contributed by atoms with E-state index in [9.17, 15) is 53.4 Å². The van der Waals surface area contributed by atoms with Gasteiger partial charge in [0.05, 0.1) is 0 Å². The molecule has 0 saturated heterocycles. The number of rotatable bonds is 4. The van der Waals surface area contributed by atoms with Gasteiger partial charge in [-0.2, -0.15) is 49.0 Å². The van der Waals surface area contributed by atoms with Gasteiger partial charge in [-0.15, -0.1) is 0 Å². The van der Waals surface area contributed by atoms with E-state index in [1.54, 1.807) is 0 Å². The van der Waals surface area contributed by atoms with Gasteiger partial charge in [-0.3, -0.25) is 0 Å². The Balaban J connectivity index is 5.80. The van der Waals surface area contributed by atoms with E-state index < -0.39 is 36.5 Å². The summed E-state index contributed by atoms with van der Waals surface area (Å²) in [7, 11) is 0. The molecule has 1 radical (unpaired) electrons. The molecule has 0 saturated carbocycles. The van der Waals surface area contributed by atoms with Crippen LogP contribution in [0.2, 0.25) is 0 Å². The summed E-state index contributed by atoms with van der Waals surface area (Å²) in [5.74, 6) is -28.1. The summed E-state index contributed by atoms with van der Waals surface area (Å²) in [5, 5.41) is 9.94. The molecule has 0 aromatic heterocycles. The molecule has 0 fully saturated rings. The van der Waals surface area contributed by atoms with Gasteiger partial charge < -0.3 is 0 Å². The van der Waals surface area contributed by atoms with E-state index in [1.807, 2.05) is 0 Å². The van der Waals surface area contributed by atoms with Crippen molar-refractivity contribution in [1.82, 2.24) is 0 Å². The molecule has 0 amide bonds. The van der Waals surface area contributed by atoms with Crippen molar-refractivity contribution in [1.29, 1.82) is 0 Å². The van der Waals surface area contributed by atoms with Crippen LogP contribution in [0.5, 0.6) is 0 Å². The Labute approximate surface area is 91.2 Å². The number of halogens is 11. The first-order valence-corrected chi connectivity index (χ1v) is 3.71. The highest BCUT2D eigenvalue weighted by molar-refractivity contribution is 5.05. The number of hydrogen-bond acceptors (Lipinski definition) is 0. The minimum Gasteiger partial charge on any atom is -0.244 e. The summed E-state index contributed by atoms with van der Waals surface area (Å²) in [5.41, 5.74) is 0. The Morgan fingerprint density at radius 2 is 0.944 bits per heavy atom. The third-order valence-corrected chi connectivity index (χ3v) is 1.79. The summed E-state index contributed by atoms with van der Waals surface area (Å²) in [6.07, 6.45) is -7.19. The average Bonchev–Trinajstić information content (AvgIpc) is 2.15. The molecular formula is C6H2F11O. The van der Waals surface area contributed by atoms with Crippen molar-refractivity contribution in [3.05, 3.63) is 0 Å². The van der Waals surface area contributed by atoms with Gasteiger partial charge in [0, 0.05) is 0 Å². The highest BCUT2D eigenvalue weighted by atomic mass is 19.4. The standard InChI is InChI=1S/C6H2F11O/c7-1-2(8,18)3(9,10)4(11,12)5(13,14)6(15,16)17/h1H2. The van der Waals surface area contributed by atoms with Gasteiger partial charge in [0.25, 0.3) is 0 Å². The van der Waals surface area contributed by atoms with Gasteiger partial charge in [-0.05, 0) is 0 Å². The van der Waals surface area contributed by atoms with Crippen molar-refractivity contribution in [2.75, 3.05) is 6.67 Å². The lowest BCUT2D eigenvalue weighted by Crippen LogP contribution is -2.67. The van der Waals surface area contributed by atoms with Gasteiger partial charge in [0.1, 0.15) is 0 Å². The maximum Gasteiger partial charge on any atom is 0.460 e. The minimum atomic E-state index is -7.46. The second kappa shape index (κ2) is 4.10. The first-order chi connectivity index (χ1) is 7.56. The van der Waals surface area contributed by atoms with Crippen LogP contribution >= 0.6 is 0 Å². The molecule has 1 nitrogen and oxygen atoms in total. The Morgan fingerprint density at radius 3 is 1.17 bits per heavy atom. The molecule has 1 atom stereocenters. The zero-order valence-electron chi connectivity index (χ0n) is 7.77. The zero-order valence-corrected chi connectivity index (χ0v) is 7.77. The summed E-state index contributed by atoms with van der Waals surface area (Å²) in [4.78, 5) is 0. The highest BCUT2D eigenvalue weighted by Crippen LogP contribution is 2.56. The van der Waals surface area contributed by atoms with Crippen LogP contribution in [0, 0.1) is 0 Å². The van der Waals surface area contributed by atoms with Crippen LogP contribution in [0.3, 0.4) is 0 Å². The van der Waals surface area contributed by atoms with Crippen molar-refractivity contribution in [2.24, 2.45) is 0 Å². The fourth-order valence-electron chi connectivity index (χ4n) is 0.694. The molecular weight excluding hydrogens is 297 g/mol. The SMILES string of the molecule is [O]C(F)(CF)C(F)(F)C(F)(F)C(F)(F)C(F)(F)F. The maximum atomic E-state index is 12.3. The number of alkyl halides is 11. The van der Waals surface area contributed by atoms with Crippen molar-refractivity contribution in [2.45, 2.75) is 29.8 Å². The predicted octanol–water partition coefficient (Wildman–Crippen LogP) is 3.52. The molecule has 12 heteroatoms. The molecule has 109 valence electrons. The third-order valence-electron chi connectivity index (χ3n) is 1.79. The van der Waals surface area contributed by atoms with E-state index in [-0.39, 0.29) is 0 Å². The molecule has 0 aromatic carbocycles. The second-order valence-corrected chi connectivity index (χ2v) is 3.08. The monoisotopic (exact) mass is 299 g/mol. The Morgan fingerprint density at radius 1 is 0.611 bits per heavy atom. The largest absolute Gasteiger partial charge is 0.460 e. The molecule has 0 aromatic rings. The quantitative estimate of drug-likeness (QED) is 0.708. The molecule has 0 heterocycles. The molecule has 0 aliphatic heterocycles. The topological polar surface area (TPSA) is 19.9 Å². The molecule has 0 spiro atoms. The smallest absolute Gasteiger partial charge is 0.244 e. The second-order valence-electron chi connectivity index (χ2n) is 3.08. The fraction of sp³-hybridized carbons (Fsp3) is 1.00. The molecule has 0 aliphatic rings.